The Morgan fingerprint density at radius 3 is 2.36 bits per heavy atom. The van der Waals surface area contributed by atoms with Crippen LogP contribution in [0.5, 0.6) is 5.75 Å². The summed E-state index contributed by atoms with van der Waals surface area (Å²) >= 11 is 0. The van der Waals surface area contributed by atoms with Crippen LogP contribution in [-0.4, -0.2) is 33.6 Å². The van der Waals surface area contributed by atoms with Gasteiger partial charge in [0.05, 0.1) is 18.0 Å². The topological polar surface area (TPSA) is 86.0 Å². The van der Waals surface area contributed by atoms with E-state index in [1.54, 1.807) is 49.6 Å². The van der Waals surface area contributed by atoms with Crippen molar-refractivity contribution in [1.29, 1.82) is 0 Å². The van der Waals surface area contributed by atoms with Crippen LogP contribution in [0.4, 0.5) is 0 Å². The van der Waals surface area contributed by atoms with Gasteiger partial charge in [0.25, 0.3) is 5.56 Å². The van der Waals surface area contributed by atoms with E-state index < -0.39 is 6.23 Å². The first-order valence-corrected chi connectivity index (χ1v) is 10.3. The zero-order valence-electron chi connectivity index (χ0n) is 18.0. The van der Waals surface area contributed by atoms with Gasteiger partial charge >= 0.3 is 6.02 Å². The van der Waals surface area contributed by atoms with E-state index in [0.29, 0.717) is 33.6 Å². The second-order valence-corrected chi connectivity index (χ2v) is 7.45. The van der Waals surface area contributed by atoms with Gasteiger partial charge < -0.3 is 9.47 Å². The summed E-state index contributed by atoms with van der Waals surface area (Å²) in [5.74, 6) is 0.722. The Labute approximate surface area is 189 Å². The van der Waals surface area contributed by atoms with Crippen LogP contribution in [0, 0.1) is 0 Å². The molecule has 4 aromatic rings. The van der Waals surface area contributed by atoms with Gasteiger partial charge in [-0.3, -0.25) is 9.59 Å². The van der Waals surface area contributed by atoms with E-state index in [0.717, 1.165) is 0 Å². The molecule has 2 heterocycles. The standard InChI is InChI=1S/C25H20N4O4/c1-16(30)29-24(18-12-14-19(32-2)15-13-18)33-25(27-29)28-22(17-8-4-3-5-9-17)26-21-11-7-6-10-20(21)23(28)31/h3-15,24H,1-2H3. The molecule has 0 saturated heterocycles. The lowest BCUT2D eigenvalue weighted by Gasteiger charge is -2.19. The number of aromatic nitrogens is 2. The van der Waals surface area contributed by atoms with Crippen LogP contribution in [0.3, 0.4) is 0 Å². The molecule has 0 aliphatic carbocycles. The Morgan fingerprint density at radius 2 is 1.67 bits per heavy atom. The molecule has 0 N–H and O–H groups in total. The highest BCUT2D eigenvalue weighted by Gasteiger charge is 2.35. The summed E-state index contributed by atoms with van der Waals surface area (Å²) < 4.78 is 12.6. The summed E-state index contributed by atoms with van der Waals surface area (Å²) in [6, 6.07) is 23.5. The number of carbonyl (C=O) groups is 1. The summed E-state index contributed by atoms with van der Waals surface area (Å²) in [7, 11) is 1.58. The third-order valence-electron chi connectivity index (χ3n) is 5.36. The zero-order chi connectivity index (χ0) is 22.9. The highest BCUT2D eigenvalue weighted by atomic mass is 16.5. The van der Waals surface area contributed by atoms with Crippen LogP contribution in [0.25, 0.3) is 22.3 Å². The van der Waals surface area contributed by atoms with E-state index in [9.17, 15) is 9.59 Å². The number of ether oxygens (including phenoxy) is 2. The van der Waals surface area contributed by atoms with Gasteiger partial charge in [-0.2, -0.15) is 5.01 Å². The average Bonchev–Trinajstić information content (AvgIpc) is 3.30. The maximum absolute atomic E-state index is 13.6. The minimum absolute atomic E-state index is 0.0203. The van der Waals surface area contributed by atoms with Crippen molar-refractivity contribution in [1.82, 2.24) is 14.6 Å². The van der Waals surface area contributed by atoms with E-state index >= 15 is 0 Å². The van der Waals surface area contributed by atoms with Crippen molar-refractivity contribution in [3.8, 4) is 17.1 Å². The van der Waals surface area contributed by atoms with Gasteiger partial charge in [-0.25, -0.2) is 9.55 Å². The number of methoxy groups -OCH3 is 1. The van der Waals surface area contributed by atoms with Crippen LogP contribution >= 0.6 is 0 Å². The van der Waals surface area contributed by atoms with Crippen molar-refractivity contribution < 1.29 is 14.3 Å². The van der Waals surface area contributed by atoms with Gasteiger partial charge in [0.1, 0.15) is 5.75 Å². The average molecular weight is 440 g/mol. The van der Waals surface area contributed by atoms with Gasteiger partial charge in [-0.15, -0.1) is 5.10 Å². The number of carbonyl (C=O) groups excluding carboxylic acids is 1. The molecule has 1 atom stereocenters. The summed E-state index contributed by atoms with van der Waals surface area (Å²) in [4.78, 5) is 30.7. The highest BCUT2D eigenvalue weighted by Crippen LogP contribution is 2.31. The molecule has 1 aromatic heterocycles. The monoisotopic (exact) mass is 440 g/mol. The summed E-state index contributed by atoms with van der Waals surface area (Å²) in [6.07, 6.45) is -0.828. The molecule has 0 bridgehead atoms. The number of benzene rings is 3. The number of amides is 1. The zero-order valence-corrected chi connectivity index (χ0v) is 18.0. The van der Waals surface area contributed by atoms with Crippen molar-refractivity contribution in [3.05, 3.63) is 94.8 Å². The lowest BCUT2D eigenvalue weighted by atomic mass is 10.2. The maximum Gasteiger partial charge on any atom is 0.325 e. The maximum atomic E-state index is 13.6. The van der Waals surface area contributed by atoms with Crippen LogP contribution in [0.15, 0.2) is 88.8 Å². The lowest BCUT2D eigenvalue weighted by Crippen LogP contribution is -2.30. The quantitative estimate of drug-likeness (QED) is 0.484. The van der Waals surface area contributed by atoms with Gasteiger partial charge in [-0.05, 0) is 36.4 Å². The van der Waals surface area contributed by atoms with E-state index in [1.165, 1.54) is 16.5 Å². The molecule has 0 saturated carbocycles. The Bertz CT molecular complexity index is 1430. The fraction of sp³-hybridized carbons (Fsp3) is 0.120. The predicted octanol–water partition coefficient (Wildman–Crippen LogP) is 3.77. The number of hydrazone groups is 1. The molecule has 0 radical (unpaired) electrons. The van der Waals surface area contributed by atoms with Crippen molar-refractivity contribution in [2.75, 3.05) is 7.11 Å². The molecule has 3 aromatic carbocycles. The number of rotatable bonds is 3. The second kappa shape index (κ2) is 8.23. The normalized spacial score (nSPS) is 15.3. The van der Waals surface area contributed by atoms with E-state index in [-0.39, 0.29) is 17.5 Å². The molecular formula is C25H20N4O4. The minimum atomic E-state index is -0.828. The van der Waals surface area contributed by atoms with Gasteiger partial charge in [0.15, 0.2) is 5.82 Å². The molecule has 5 rings (SSSR count). The Morgan fingerprint density at radius 1 is 0.970 bits per heavy atom. The SMILES string of the molecule is COc1ccc(C2OC(n3c(-c4ccccc4)nc4ccccc4c3=O)=NN2C(C)=O)cc1. The Kier molecular flexibility index (Phi) is 5.10. The Hall–Kier alpha value is -4.46. The van der Waals surface area contributed by atoms with E-state index in [4.69, 9.17) is 14.5 Å². The molecule has 1 unspecified atom stereocenters. The number of hydrogen-bond acceptors (Lipinski definition) is 6. The van der Waals surface area contributed by atoms with Gasteiger partial charge in [-0.1, -0.05) is 42.5 Å². The highest BCUT2D eigenvalue weighted by molar-refractivity contribution is 5.89. The lowest BCUT2D eigenvalue weighted by molar-refractivity contribution is -0.135. The fourth-order valence-electron chi connectivity index (χ4n) is 3.72. The third-order valence-corrected chi connectivity index (χ3v) is 5.36. The Balaban J connectivity index is 1.68. The first kappa shape index (κ1) is 20.4. The van der Waals surface area contributed by atoms with Crippen molar-refractivity contribution in [2.45, 2.75) is 13.2 Å². The first-order valence-electron chi connectivity index (χ1n) is 10.3. The molecule has 0 spiro atoms. The third kappa shape index (κ3) is 3.61. The van der Waals surface area contributed by atoms with Crippen molar-refractivity contribution in [3.63, 3.8) is 0 Å². The smallest absolute Gasteiger partial charge is 0.325 e. The second-order valence-electron chi connectivity index (χ2n) is 7.45. The van der Waals surface area contributed by atoms with E-state index in [2.05, 4.69) is 5.10 Å². The van der Waals surface area contributed by atoms with Crippen LogP contribution < -0.4 is 10.3 Å². The van der Waals surface area contributed by atoms with Crippen LogP contribution in [-0.2, 0) is 9.53 Å². The van der Waals surface area contributed by atoms with Gasteiger partial charge in [0.2, 0.25) is 12.1 Å². The summed E-state index contributed by atoms with van der Waals surface area (Å²) in [5, 5.41) is 6.02. The van der Waals surface area contributed by atoms with Crippen LogP contribution in [0.2, 0.25) is 0 Å². The molecule has 0 fully saturated rings. The number of nitrogens with zero attached hydrogens (tertiary/aromatic N) is 4. The summed E-state index contributed by atoms with van der Waals surface area (Å²) in [5.41, 5.74) is 1.63. The predicted molar refractivity (Wildman–Crippen MR) is 124 cm³/mol. The molecule has 164 valence electrons. The molecule has 1 aliphatic heterocycles. The summed E-state index contributed by atoms with van der Waals surface area (Å²) in [6.45, 7) is 1.39. The van der Waals surface area contributed by atoms with E-state index in [1.807, 2.05) is 36.4 Å². The minimum Gasteiger partial charge on any atom is -0.497 e. The van der Waals surface area contributed by atoms with Crippen LogP contribution in [0.1, 0.15) is 18.7 Å². The fourth-order valence-corrected chi connectivity index (χ4v) is 3.72. The molecule has 33 heavy (non-hydrogen) atoms. The molecule has 8 nitrogen and oxygen atoms in total. The van der Waals surface area contributed by atoms with Crippen molar-refractivity contribution >= 4 is 22.8 Å². The molecular weight excluding hydrogens is 420 g/mol. The van der Waals surface area contributed by atoms with Gasteiger partial charge in [0, 0.05) is 18.1 Å². The number of para-hydroxylation sites is 1. The number of hydrogen-bond donors (Lipinski definition) is 0. The molecule has 1 amide bonds. The first-order chi connectivity index (χ1) is 16.1. The molecule has 8 heteroatoms. The largest absolute Gasteiger partial charge is 0.497 e. The molecule has 1 aliphatic rings. The van der Waals surface area contributed by atoms with Crippen molar-refractivity contribution in [2.24, 2.45) is 5.10 Å². The number of fused-ring (bicyclic) bond motifs is 1.